The van der Waals surface area contributed by atoms with Gasteiger partial charge in [-0.05, 0) is 18.1 Å². The predicted octanol–water partition coefficient (Wildman–Crippen LogP) is 3.19. The molecular weight excluding hydrogens is 234 g/mol. The molecule has 1 rings (SSSR count). The Labute approximate surface area is 107 Å². The van der Waals surface area contributed by atoms with Crippen LogP contribution in [0.25, 0.3) is 0 Å². The molecule has 0 aliphatic heterocycles. The molecule has 17 heavy (non-hydrogen) atoms. The summed E-state index contributed by atoms with van der Waals surface area (Å²) in [5, 5.41) is 0.392. The molecule has 0 spiro atoms. The third kappa shape index (κ3) is 3.40. The molecule has 0 bridgehead atoms. The number of rotatable bonds is 4. The SMILES string of the molecule is COC(=O)c1cccc(N)c1SC(C)C(C)C. The lowest BCUT2D eigenvalue weighted by atomic mass is 10.1. The molecule has 0 saturated carbocycles. The number of nitrogen functional groups attached to an aromatic ring is 1. The van der Waals surface area contributed by atoms with Crippen LogP contribution < -0.4 is 5.73 Å². The number of nitrogens with two attached hydrogens (primary N) is 1. The van der Waals surface area contributed by atoms with Crippen molar-refractivity contribution in [2.45, 2.75) is 30.9 Å². The number of anilines is 1. The zero-order valence-electron chi connectivity index (χ0n) is 10.7. The summed E-state index contributed by atoms with van der Waals surface area (Å²) >= 11 is 1.62. The molecule has 0 aliphatic rings. The lowest BCUT2D eigenvalue weighted by Crippen LogP contribution is -2.10. The van der Waals surface area contributed by atoms with Crippen molar-refractivity contribution in [1.82, 2.24) is 0 Å². The van der Waals surface area contributed by atoms with E-state index in [-0.39, 0.29) is 5.97 Å². The molecular formula is C13H19NO2S. The first-order valence-corrected chi connectivity index (χ1v) is 6.48. The number of thioether (sulfide) groups is 1. The lowest BCUT2D eigenvalue weighted by molar-refractivity contribution is 0.0597. The topological polar surface area (TPSA) is 52.3 Å². The summed E-state index contributed by atoms with van der Waals surface area (Å²) in [5.41, 5.74) is 7.11. The van der Waals surface area contributed by atoms with Gasteiger partial charge in [-0.15, -0.1) is 11.8 Å². The van der Waals surface area contributed by atoms with Gasteiger partial charge in [0, 0.05) is 15.8 Å². The molecule has 0 amide bonds. The Morgan fingerprint density at radius 3 is 2.53 bits per heavy atom. The fraction of sp³-hybridized carbons (Fsp3) is 0.462. The molecule has 0 heterocycles. The number of hydrogen-bond donors (Lipinski definition) is 1. The number of hydrogen-bond acceptors (Lipinski definition) is 4. The third-order valence-corrected chi connectivity index (χ3v) is 4.30. The first-order chi connectivity index (χ1) is 7.97. The molecule has 0 aromatic heterocycles. The van der Waals surface area contributed by atoms with Crippen LogP contribution in [0.1, 0.15) is 31.1 Å². The average Bonchev–Trinajstić information content (AvgIpc) is 2.30. The second-order valence-electron chi connectivity index (χ2n) is 4.28. The molecule has 0 fully saturated rings. The minimum absolute atomic E-state index is 0.337. The van der Waals surface area contributed by atoms with E-state index in [0.717, 1.165) is 4.90 Å². The van der Waals surface area contributed by atoms with Crippen molar-refractivity contribution in [2.24, 2.45) is 5.92 Å². The first kappa shape index (κ1) is 13.9. The number of benzene rings is 1. The second-order valence-corrected chi connectivity index (χ2v) is 5.67. The van der Waals surface area contributed by atoms with E-state index in [4.69, 9.17) is 10.5 Å². The van der Waals surface area contributed by atoms with Crippen molar-refractivity contribution in [3.8, 4) is 0 Å². The monoisotopic (exact) mass is 253 g/mol. The van der Waals surface area contributed by atoms with Gasteiger partial charge >= 0.3 is 5.97 Å². The summed E-state index contributed by atoms with van der Waals surface area (Å²) in [5.74, 6) is 0.181. The first-order valence-electron chi connectivity index (χ1n) is 5.60. The lowest BCUT2D eigenvalue weighted by Gasteiger charge is -2.18. The molecule has 94 valence electrons. The number of carbonyl (C=O) groups is 1. The normalized spacial score (nSPS) is 12.5. The molecule has 1 unspecified atom stereocenters. The van der Waals surface area contributed by atoms with Crippen LogP contribution in [0.15, 0.2) is 23.1 Å². The van der Waals surface area contributed by atoms with Crippen LogP contribution in [0.4, 0.5) is 5.69 Å². The molecule has 0 aliphatic carbocycles. The Hall–Kier alpha value is -1.16. The maximum absolute atomic E-state index is 11.6. The minimum atomic E-state index is -0.337. The molecule has 1 aromatic carbocycles. The van der Waals surface area contributed by atoms with E-state index in [9.17, 15) is 4.79 Å². The highest BCUT2D eigenvalue weighted by Crippen LogP contribution is 2.35. The number of esters is 1. The van der Waals surface area contributed by atoms with E-state index >= 15 is 0 Å². The van der Waals surface area contributed by atoms with Gasteiger partial charge in [-0.2, -0.15) is 0 Å². The van der Waals surface area contributed by atoms with E-state index in [2.05, 4.69) is 20.8 Å². The molecule has 3 nitrogen and oxygen atoms in total. The highest BCUT2D eigenvalue weighted by Gasteiger charge is 2.18. The number of ether oxygens (including phenoxy) is 1. The average molecular weight is 253 g/mol. The molecule has 4 heteroatoms. The smallest absolute Gasteiger partial charge is 0.339 e. The van der Waals surface area contributed by atoms with Gasteiger partial charge in [-0.1, -0.05) is 26.8 Å². The summed E-state index contributed by atoms with van der Waals surface area (Å²) < 4.78 is 4.77. The minimum Gasteiger partial charge on any atom is -0.465 e. The zero-order valence-corrected chi connectivity index (χ0v) is 11.5. The molecule has 1 atom stereocenters. The van der Waals surface area contributed by atoms with Crippen molar-refractivity contribution >= 4 is 23.4 Å². The van der Waals surface area contributed by atoms with Gasteiger partial charge in [-0.25, -0.2) is 4.79 Å². The predicted molar refractivity (Wildman–Crippen MR) is 72.4 cm³/mol. The third-order valence-electron chi connectivity index (χ3n) is 2.69. The Balaban J connectivity index is 3.08. The van der Waals surface area contributed by atoms with E-state index in [0.29, 0.717) is 22.4 Å². The highest BCUT2D eigenvalue weighted by atomic mass is 32.2. The molecule has 0 saturated heterocycles. The van der Waals surface area contributed by atoms with Crippen LogP contribution in [-0.4, -0.2) is 18.3 Å². The zero-order chi connectivity index (χ0) is 13.0. The standard InChI is InChI=1S/C13H19NO2S/c1-8(2)9(3)17-12-10(13(15)16-4)6-5-7-11(12)14/h5-9H,14H2,1-4H3. The fourth-order valence-corrected chi connectivity index (χ4v) is 2.41. The summed E-state index contributed by atoms with van der Waals surface area (Å²) in [7, 11) is 1.38. The van der Waals surface area contributed by atoms with Crippen molar-refractivity contribution < 1.29 is 9.53 Å². The van der Waals surface area contributed by atoms with E-state index in [1.54, 1.807) is 23.9 Å². The molecule has 0 radical (unpaired) electrons. The quantitative estimate of drug-likeness (QED) is 0.508. The van der Waals surface area contributed by atoms with E-state index < -0.39 is 0 Å². The summed E-state index contributed by atoms with van der Waals surface area (Å²) in [6.07, 6.45) is 0. The second kappa shape index (κ2) is 5.96. The molecule has 1 aromatic rings. The largest absolute Gasteiger partial charge is 0.465 e. The maximum Gasteiger partial charge on any atom is 0.339 e. The van der Waals surface area contributed by atoms with Gasteiger partial charge < -0.3 is 10.5 Å². The van der Waals surface area contributed by atoms with Crippen LogP contribution in [-0.2, 0) is 4.74 Å². The Kier molecular flexibility index (Phi) is 4.87. The van der Waals surface area contributed by atoms with Crippen molar-refractivity contribution in [3.05, 3.63) is 23.8 Å². The Morgan fingerprint density at radius 1 is 1.35 bits per heavy atom. The van der Waals surface area contributed by atoms with Crippen LogP contribution in [0.5, 0.6) is 0 Å². The van der Waals surface area contributed by atoms with Crippen molar-refractivity contribution in [3.63, 3.8) is 0 Å². The fourth-order valence-electron chi connectivity index (χ4n) is 1.28. The van der Waals surface area contributed by atoms with Gasteiger partial charge in [0.1, 0.15) is 0 Å². The van der Waals surface area contributed by atoms with E-state index in [1.165, 1.54) is 7.11 Å². The highest BCUT2D eigenvalue weighted by molar-refractivity contribution is 8.00. The Morgan fingerprint density at radius 2 is 2.00 bits per heavy atom. The number of carbonyl (C=O) groups excluding carboxylic acids is 1. The van der Waals surface area contributed by atoms with Gasteiger partial charge in [0.2, 0.25) is 0 Å². The van der Waals surface area contributed by atoms with Crippen molar-refractivity contribution in [2.75, 3.05) is 12.8 Å². The van der Waals surface area contributed by atoms with Gasteiger partial charge in [-0.3, -0.25) is 0 Å². The van der Waals surface area contributed by atoms with Crippen LogP contribution in [0, 0.1) is 5.92 Å². The van der Waals surface area contributed by atoms with Crippen LogP contribution >= 0.6 is 11.8 Å². The van der Waals surface area contributed by atoms with Crippen LogP contribution in [0.2, 0.25) is 0 Å². The summed E-state index contributed by atoms with van der Waals surface area (Å²) in [6.45, 7) is 6.42. The summed E-state index contributed by atoms with van der Waals surface area (Å²) in [6, 6.07) is 5.32. The Bertz CT molecular complexity index is 404. The maximum atomic E-state index is 11.6. The number of methoxy groups -OCH3 is 1. The van der Waals surface area contributed by atoms with E-state index in [1.807, 2.05) is 6.07 Å². The van der Waals surface area contributed by atoms with Gasteiger partial charge in [0.25, 0.3) is 0 Å². The van der Waals surface area contributed by atoms with Crippen molar-refractivity contribution in [1.29, 1.82) is 0 Å². The van der Waals surface area contributed by atoms with Gasteiger partial charge in [0.05, 0.1) is 12.7 Å². The summed E-state index contributed by atoms with van der Waals surface area (Å²) in [4.78, 5) is 12.5. The van der Waals surface area contributed by atoms with Crippen LogP contribution in [0.3, 0.4) is 0 Å². The molecule has 2 N–H and O–H groups in total. The van der Waals surface area contributed by atoms with Gasteiger partial charge in [0.15, 0.2) is 0 Å².